The van der Waals surface area contributed by atoms with Crippen molar-refractivity contribution in [3.63, 3.8) is 0 Å². The molecule has 0 radical (unpaired) electrons. The number of thioether (sulfide) groups is 1. The molecule has 2 aromatic rings. The molecule has 0 atom stereocenters. The van der Waals surface area contributed by atoms with Gasteiger partial charge in [0.2, 0.25) is 5.91 Å². The van der Waals surface area contributed by atoms with E-state index in [-0.39, 0.29) is 23.8 Å². The first-order valence-corrected chi connectivity index (χ1v) is 7.27. The van der Waals surface area contributed by atoms with E-state index in [2.05, 4.69) is 16.2 Å². The number of fused-ring (bicyclic) bond motifs is 1. The van der Waals surface area contributed by atoms with E-state index in [4.69, 9.17) is 6.42 Å². The molecule has 0 aliphatic heterocycles. The summed E-state index contributed by atoms with van der Waals surface area (Å²) in [5.74, 6) is 2.33. The summed E-state index contributed by atoms with van der Waals surface area (Å²) >= 11 is 2.62. The molecule has 2 aromatic heterocycles. The Morgan fingerprint density at radius 3 is 3.21 bits per heavy atom. The van der Waals surface area contributed by atoms with Crippen LogP contribution in [-0.4, -0.2) is 27.8 Å². The van der Waals surface area contributed by atoms with Crippen molar-refractivity contribution in [3.8, 4) is 12.3 Å². The standard InChI is InChI=1S/C12H11N3O2S2/c1-3-5-13-9(16)7-19-12-14-10-8(4-6-18-10)11(17)15(12)2/h1,4,6H,5,7H2,2H3,(H,13,16). The Morgan fingerprint density at radius 2 is 2.47 bits per heavy atom. The molecule has 0 saturated carbocycles. The number of nitrogens with one attached hydrogen (secondary N) is 1. The van der Waals surface area contributed by atoms with Gasteiger partial charge in [-0.3, -0.25) is 14.2 Å². The maximum atomic E-state index is 12.0. The molecule has 2 heterocycles. The minimum absolute atomic E-state index is 0.0993. The smallest absolute Gasteiger partial charge is 0.262 e. The predicted molar refractivity (Wildman–Crippen MR) is 77.4 cm³/mol. The van der Waals surface area contributed by atoms with Crippen LogP contribution in [0.4, 0.5) is 0 Å². The number of terminal acetylenes is 1. The number of hydrogen-bond acceptors (Lipinski definition) is 5. The summed E-state index contributed by atoms with van der Waals surface area (Å²) in [6, 6.07) is 1.75. The second-order valence-electron chi connectivity index (χ2n) is 3.67. The second-order valence-corrected chi connectivity index (χ2v) is 5.50. The number of aromatic nitrogens is 2. The van der Waals surface area contributed by atoms with E-state index in [1.54, 1.807) is 13.1 Å². The highest BCUT2D eigenvalue weighted by Crippen LogP contribution is 2.20. The highest BCUT2D eigenvalue weighted by Gasteiger charge is 2.11. The van der Waals surface area contributed by atoms with E-state index >= 15 is 0 Å². The van der Waals surface area contributed by atoms with Crippen LogP contribution in [0.5, 0.6) is 0 Å². The lowest BCUT2D eigenvalue weighted by atomic mass is 10.4. The number of carbonyl (C=O) groups is 1. The molecule has 98 valence electrons. The predicted octanol–water partition coefficient (Wildman–Crippen LogP) is 0.837. The van der Waals surface area contributed by atoms with Crippen molar-refractivity contribution in [1.29, 1.82) is 0 Å². The summed E-state index contributed by atoms with van der Waals surface area (Å²) in [7, 11) is 1.65. The topological polar surface area (TPSA) is 64.0 Å². The molecule has 1 N–H and O–H groups in total. The number of carbonyl (C=O) groups excluding carboxylic acids is 1. The van der Waals surface area contributed by atoms with Gasteiger partial charge < -0.3 is 5.32 Å². The SMILES string of the molecule is C#CCNC(=O)CSc1nc2sccc2c(=O)n1C. The Hall–Kier alpha value is -1.78. The van der Waals surface area contributed by atoms with Crippen molar-refractivity contribution >= 4 is 39.2 Å². The van der Waals surface area contributed by atoms with Crippen LogP contribution in [0.3, 0.4) is 0 Å². The van der Waals surface area contributed by atoms with Crippen LogP contribution in [0.25, 0.3) is 10.2 Å². The number of hydrogen-bond donors (Lipinski definition) is 1. The number of nitrogens with zero attached hydrogens (tertiary/aromatic N) is 2. The zero-order valence-electron chi connectivity index (χ0n) is 10.2. The Morgan fingerprint density at radius 1 is 1.68 bits per heavy atom. The largest absolute Gasteiger partial charge is 0.344 e. The van der Waals surface area contributed by atoms with Gasteiger partial charge >= 0.3 is 0 Å². The van der Waals surface area contributed by atoms with Crippen molar-refractivity contribution < 1.29 is 4.79 Å². The minimum Gasteiger partial charge on any atom is -0.344 e. The summed E-state index contributed by atoms with van der Waals surface area (Å²) in [5.41, 5.74) is -0.0993. The molecule has 0 fully saturated rings. The molecule has 5 nitrogen and oxygen atoms in total. The van der Waals surface area contributed by atoms with Gasteiger partial charge in [-0.25, -0.2) is 4.98 Å². The fourth-order valence-electron chi connectivity index (χ4n) is 1.44. The fraction of sp³-hybridized carbons (Fsp3) is 0.250. The molecular formula is C12H11N3O2S2. The molecule has 0 saturated heterocycles. The first-order chi connectivity index (χ1) is 9.13. The lowest BCUT2D eigenvalue weighted by Gasteiger charge is -2.06. The van der Waals surface area contributed by atoms with Gasteiger partial charge in [0.1, 0.15) is 4.83 Å². The third-order valence-corrected chi connectivity index (χ3v) is 4.22. The summed E-state index contributed by atoms with van der Waals surface area (Å²) in [5, 5.41) is 5.52. The summed E-state index contributed by atoms with van der Waals surface area (Å²) in [4.78, 5) is 28.5. The number of amides is 1. The van der Waals surface area contributed by atoms with Crippen LogP contribution in [0, 0.1) is 12.3 Å². The molecule has 0 aliphatic rings. The van der Waals surface area contributed by atoms with Gasteiger partial charge in [-0.05, 0) is 11.4 Å². The normalized spacial score (nSPS) is 10.3. The third-order valence-electron chi connectivity index (χ3n) is 2.38. The quantitative estimate of drug-likeness (QED) is 0.515. The van der Waals surface area contributed by atoms with Gasteiger partial charge in [-0.15, -0.1) is 17.8 Å². The summed E-state index contributed by atoms with van der Waals surface area (Å²) < 4.78 is 1.45. The van der Waals surface area contributed by atoms with Gasteiger partial charge in [0, 0.05) is 7.05 Å². The monoisotopic (exact) mass is 293 g/mol. The lowest BCUT2D eigenvalue weighted by molar-refractivity contribution is -0.118. The van der Waals surface area contributed by atoms with Crippen LogP contribution < -0.4 is 10.9 Å². The van der Waals surface area contributed by atoms with E-state index in [1.807, 2.05) is 5.38 Å². The first-order valence-electron chi connectivity index (χ1n) is 5.40. The average Bonchev–Trinajstić information content (AvgIpc) is 2.87. The molecule has 0 aromatic carbocycles. The van der Waals surface area contributed by atoms with Crippen LogP contribution in [0.15, 0.2) is 21.4 Å². The summed E-state index contributed by atoms with van der Waals surface area (Å²) in [6.45, 7) is 0.204. The zero-order chi connectivity index (χ0) is 13.8. The summed E-state index contributed by atoms with van der Waals surface area (Å²) in [6.07, 6.45) is 5.05. The number of thiophene rings is 1. The Bertz CT molecular complexity index is 712. The minimum atomic E-state index is -0.177. The van der Waals surface area contributed by atoms with Gasteiger partial charge in [0.15, 0.2) is 5.16 Å². The highest BCUT2D eigenvalue weighted by molar-refractivity contribution is 7.99. The van der Waals surface area contributed by atoms with E-state index in [0.717, 1.165) is 0 Å². The molecule has 7 heteroatoms. The Balaban J connectivity index is 2.17. The van der Waals surface area contributed by atoms with E-state index in [9.17, 15) is 9.59 Å². The van der Waals surface area contributed by atoms with Crippen molar-refractivity contribution in [3.05, 3.63) is 21.8 Å². The third kappa shape index (κ3) is 2.97. The van der Waals surface area contributed by atoms with Crippen LogP contribution in [-0.2, 0) is 11.8 Å². The molecule has 0 bridgehead atoms. The van der Waals surface area contributed by atoms with Crippen LogP contribution in [0.2, 0.25) is 0 Å². The lowest BCUT2D eigenvalue weighted by Crippen LogP contribution is -2.26. The van der Waals surface area contributed by atoms with Crippen molar-refractivity contribution in [2.24, 2.45) is 7.05 Å². The average molecular weight is 293 g/mol. The van der Waals surface area contributed by atoms with Gasteiger partial charge in [0.05, 0.1) is 17.7 Å². The molecule has 0 aliphatic carbocycles. The highest BCUT2D eigenvalue weighted by atomic mass is 32.2. The van der Waals surface area contributed by atoms with Gasteiger partial charge in [-0.2, -0.15) is 0 Å². The maximum absolute atomic E-state index is 12.0. The van der Waals surface area contributed by atoms with E-state index in [0.29, 0.717) is 15.4 Å². The molecule has 0 spiro atoms. The maximum Gasteiger partial charge on any atom is 0.262 e. The fourth-order valence-corrected chi connectivity index (χ4v) is 3.05. The van der Waals surface area contributed by atoms with Gasteiger partial charge in [-0.1, -0.05) is 17.7 Å². The molecular weight excluding hydrogens is 282 g/mol. The number of rotatable bonds is 4. The van der Waals surface area contributed by atoms with Crippen molar-refractivity contribution in [2.75, 3.05) is 12.3 Å². The molecule has 1 amide bonds. The molecule has 0 unspecified atom stereocenters. The molecule has 2 rings (SSSR count). The molecule has 19 heavy (non-hydrogen) atoms. The van der Waals surface area contributed by atoms with E-state index < -0.39 is 0 Å². The van der Waals surface area contributed by atoms with Gasteiger partial charge in [0.25, 0.3) is 5.56 Å². The van der Waals surface area contributed by atoms with E-state index in [1.165, 1.54) is 27.7 Å². The second kappa shape index (κ2) is 5.91. The van der Waals surface area contributed by atoms with Crippen LogP contribution >= 0.6 is 23.1 Å². The van der Waals surface area contributed by atoms with Crippen molar-refractivity contribution in [1.82, 2.24) is 14.9 Å². The Kier molecular flexibility index (Phi) is 4.24. The van der Waals surface area contributed by atoms with Crippen molar-refractivity contribution in [2.45, 2.75) is 5.16 Å². The van der Waals surface area contributed by atoms with Crippen LogP contribution in [0.1, 0.15) is 0 Å². The Labute approximate surface area is 118 Å². The zero-order valence-corrected chi connectivity index (χ0v) is 11.8. The first kappa shape index (κ1) is 13.6.